The van der Waals surface area contributed by atoms with E-state index in [0.717, 1.165) is 0 Å². The largest absolute Gasteiger partial charge is 0.488 e. The number of benzene rings is 1. The number of aromatic nitrogens is 1. The number of carbonyl (C=O) groups is 4. The van der Waals surface area contributed by atoms with E-state index < -0.39 is 59.3 Å². The summed E-state index contributed by atoms with van der Waals surface area (Å²) in [5.41, 5.74) is 6.79. The van der Waals surface area contributed by atoms with Crippen molar-refractivity contribution in [3.8, 4) is 5.75 Å². The number of hydrogen-bond donors (Lipinski definition) is 6. The zero-order valence-electron chi connectivity index (χ0n) is 25.9. The van der Waals surface area contributed by atoms with Crippen LogP contribution in [0.3, 0.4) is 0 Å². The van der Waals surface area contributed by atoms with Crippen LogP contribution in [0.5, 0.6) is 5.75 Å². The van der Waals surface area contributed by atoms with Gasteiger partial charge in [-0.1, -0.05) is 16.0 Å². The summed E-state index contributed by atoms with van der Waals surface area (Å²) in [5.74, 6) is -2.79. The summed E-state index contributed by atoms with van der Waals surface area (Å²) in [6, 6.07) is 6.61. The lowest BCUT2D eigenvalue weighted by Gasteiger charge is -2.27. The van der Waals surface area contributed by atoms with Crippen LogP contribution in [-0.4, -0.2) is 90.2 Å². The summed E-state index contributed by atoms with van der Waals surface area (Å²) in [6.07, 6.45) is 4.28. The highest BCUT2D eigenvalue weighted by Crippen LogP contribution is 2.19. The van der Waals surface area contributed by atoms with Crippen LogP contribution in [0, 0.1) is 0 Å². The van der Waals surface area contributed by atoms with Gasteiger partial charge in [-0.2, -0.15) is 8.42 Å². The molecule has 47 heavy (non-hydrogen) atoms. The van der Waals surface area contributed by atoms with Crippen LogP contribution in [0.4, 0.5) is 3.89 Å². The van der Waals surface area contributed by atoms with Gasteiger partial charge in [-0.05, 0) is 81.8 Å². The maximum absolute atomic E-state index is 13.1. The van der Waals surface area contributed by atoms with Crippen LogP contribution in [0.25, 0.3) is 0 Å². The van der Waals surface area contributed by atoms with Gasteiger partial charge in [-0.25, -0.2) is 0 Å². The molecule has 1 aliphatic heterocycles. The molecule has 256 valence electrons. The molecule has 1 aromatic carbocycles. The molecule has 1 aromatic heterocycles. The molecule has 1 fully saturated rings. The normalized spacial score (nSPS) is 15.8. The number of amides is 4. The quantitative estimate of drug-likeness (QED) is 0.0720. The van der Waals surface area contributed by atoms with E-state index in [-0.39, 0.29) is 30.7 Å². The Balaban J connectivity index is 1.54. The third-order valence-corrected chi connectivity index (χ3v) is 7.92. The van der Waals surface area contributed by atoms with E-state index in [2.05, 4.69) is 25.1 Å². The first-order chi connectivity index (χ1) is 22.3. The molecule has 0 spiro atoms. The Morgan fingerprint density at radius 1 is 1.15 bits per heavy atom. The Morgan fingerprint density at radius 2 is 1.87 bits per heavy atom. The number of nitrogens with zero attached hydrogens (tertiary/aromatic N) is 2. The Kier molecular flexibility index (Phi) is 14.1. The number of unbranched alkanes of at least 4 members (excludes halogenated alkanes) is 1. The number of pyridine rings is 1. The van der Waals surface area contributed by atoms with Crippen LogP contribution in [0.2, 0.25) is 0 Å². The first-order valence-electron chi connectivity index (χ1n) is 15.2. The van der Waals surface area contributed by atoms with Gasteiger partial charge in [-0.3, -0.25) is 24.2 Å². The minimum Gasteiger partial charge on any atom is -0.426 e. The van der Waals surface area contributed by atoms with Crippen LogP contribution in [0.15, 0.2) is 42.6 Å². The molecular weight excluding hydrogens is 638 g/mol. The van der Waals surface area contributed by atoms with Crippen molar-refractivity contribution in [3.05, 3.63) is 59.4 Å². The fourth-order valence-corrected chi connectivity index (χ4v) is 5.44. The van der Waals surface area contributed by atoms with Gasteiger partial charge in [0.05, 0.1) is 18.2 Å². The fraction of sp³-hybridized carbons (Fsp3) is 0.483. The second-order valence-corrected chi connectivity index (χ2v) is 12.1. The van der Waals surface area contributed by atoms with E-state index in [0.29, 0.717) is 56.5 Å². The van der Waals surface area contributed by atoms with E-state index in [4.69, 9.17) is 5.73 Å². The van der Waals surface area contributed by atoms with Gasteiger partial charge in [0.15, 0.2) is 0 Å². The molecule has 2 aromatic rings. The van der Waals surface area contributed by atoms with E-state index in [1.54, 1.807) is 0 Å². The van der Waals surface area contributed by atoms with Crippen molar-refractivity contribution >= 4 is 41.3 Å². The number of nitrogens with one attached hydrogen (secondary N) is 3. The zero-order chi connectivity index (χ0) is 34.6. The van der Waals surface area contributed by atoms with Crippen LogP contribution in [-0.2, 0) is 37.9 Å². The maximum atomic E-state index is 13.1. The lowest BCUT2D eigenvalue weighted by Crippen LogP contribution is -2.52. The molecule has 0 bridgehead atoms. The summed E-state index contributed by atoms with van der Waals surface area (Å²) in [7, 11) is -6.82. The summed E-state index contributed by atoms with van der Waals surface area (Å²) < 4.78 is 38.1. The van der Waals surface area contributed by atoms with E-state index >= 15 is 0 Å². The molecule has 1 aliphatic rings. The standard InChI is InChI=1S/C29H40BFN6O9S/c1-19(29(41)37-16-4-6-25(37)30(42)43)35-27(39)21-13-15-33-22(17-21)18-34-28(40)24(5-2-3-14-32)36-26(38)12-9-20-7-10-23(11-8-20)46-47(31,44)45/h7-8,10-11,13,15,17,19,24-25,42-43H,2-6,9,12,14,16,18,32H2,1H3,(H,34,40)(H,35,39)(H,36,38). The highest BCUT2D eigenvalue weighted by atomic mass is 32.3. The number of carbonyl (C=O) groups excluding carboxylic acids is 4. The molecule has 15 nitrogen and oxygen atoms in total. The molecule has 7 N–H and O–H groups in total. The fourth-order valence-electron chi connectivity index (χ4n) is 5.10. The highest BCUT2D eigenvalue weighted by molar-refractivity contribution is 7.81. The molecular formula is C29H40BFN6O9S. The van der Waals surface area contributed by atoms with Crippen molar-refractivity contribution < 1.29 is 45.7 Å². The summed E-state index contributed by atoms with van der Waals surface area (Å²) in [5, 5.41) is 27.2. The van der Waals surface area contributed by atoms with Crippen molar-refractivity contribution in [2.24, 2.45) is 5.73 Å². The average Bonchev–Trinajstić information content (AvgIpc) is 3.52. The Hall–Kier alpha value is -4.13. The van der Waals surface area contributed by atoms with E-state index in [9.17, 15) is 41.5 Å². The second-order valence-electron chi connectivity index (χ2n) is 11.1. The third kappa shape index (κ3) is 12.2. The SMILES string of the molecule is CC(NC(=O)c1ccnc(CNC(=O)C(CCCCN)NC(=O)CCc2ccc(OS(=O)(=O)F)cc2)c1)C(=O)N1CCCC1B(O)O. The van der Waals surface area contributed by atoms with Gasteiger partial charge in [0.25, 0.3) is 5.91 Å². The zero-order valence-corrected chi connectivity index (χ0v) is 26.7. The van der Waals surface area contributed by atoms with Gasteiger partial charge in [-0.15, -0.1) is 0 Å². The van der Waals surface area contributed by atoms with Crippen molar-refractivity contribution in [3.63, 3.8) is 0 Å². The first-order valence-corrected chi connectivity index (χ1v) is 16.5. The third-order valence-electron chi connectivity index (χ3n) is 7.53. The number of rotatable bonds is 17. The second kappa shape index (κ2) is 17.7. The van der Waals surface area contributed by atoms with Crippen LogP contribution < -0.4 is 25.9 Å². The van der Waals surface area contributed by atoms with Crippen molar-refractivity contribution in [2.75, 3.05) is 13.1 Å². The number of likely N-dealkylation sites (tertiary alicyclic amines) is 1. The molecule has 3 atom stereocenters. The van der Waals surface area contributed by atoms with Gasteiger partial charge in [0, 0.05) is 24.7 Å². The number of halogens is 1. The van der Waals surface area contributed by atoms with Gasteiger partial charge in [0.1, 0.15) is 17.8 Å². The first kappa shape index (κ1) is 37.3. The van der Waals surface area contributed by atoms with Gasteiger partial charge >= 0.3 is 17.6 Å². The lowest BCUT2D eigenvalue weighted by molar-refractivity contribution is -0.132. The van der Waals surface area contributed by atoms with Crippen LogP contribution in [0.1, 0.15) is 67.1 Å². The van der Waals surface area contributed by atoms with Crippen LogP contribution >= 0.6 is 0 Å². The molecule has 1 saturated heterocycles. The molecule has 3 unspecified atom stereocenters. The Labute approximate surface area is 273 Å². The van der Waals surface area contributed by atoms with Gasteiger partial charge < -0.3 is 40.8 Å². The van der Waals surface area contributed by atoms with Crippen molar-refractivity contribution in [1.82, 2.24) is 25.8 Å². The lowest BCUT2D eigenvalue weighted by atomic mass is 9.78. The number of hydrogen-bond acceptors (Lipinski definition) is 11. The Morgan fingerprint density at radius 3 is 2.53 bits per heavy atom. The topological polar surface area (TPSA) is 230 Å². The highest BCUT2D eigenvalue weighted by Gasteiger charge is 2.38. The number of nitrogens with two attached hydrogens (primary N) is 1. The van der Waals surface area contributed by atoms with Crippen molar-refractivity contribution in [2.45, 2.75) is 76.4 Å². The molecule has 18 heteroatoms. The summed E-state index contributed by atoms with van der Waals surface area (Å²) >= 11 is 0. The average molecular weight is 679 g/mol. The van der Waals surface area contributed by atoms with Crippen molar-refractivity contribution in [1.29, 1.82) is 0 Å². The summed E-state index contributed by atoms with van der Waals surface area (Å²) in [6.45, 7) is 2.23. The molecule has 4 amide bonds. The minimum absolute atomic E-state index is 0.0148. The molecule has 3 rings (SSSR count). The molecule has 0 saturated carbocycles. The predicted octanol–water partition coefficient (Wildman–Crippen LogP) is -0.341. The van der Waals surface area contributed by atoms with E-state index in [1.807, 2.05) is 0 Å². The minimum atomic E-state index is -5.15. The smallest absolute Gasteiger partial charge is 0.426 e. The molecule has 2 heterocycles. The maximum Gasteiger partial charge on any atom is 0.488 e. The van der Waals surface area contributed by atoms with Gasteiger partial charge in [0.2, 0.25) is 17.7 Å². The molecule has 0 aliphatic carbocycles. The predicted molar refractivity (Wildman–Crippen MR) is 168 cm³/mol. The monoisotopic (exact) mass is 678 g/mol. The summed E-state index contributed by atoms with van der Waals surface area (Å²) in [4.78, 5) is 57.1. The molecule has 0 radical (unpaired) electrons. The number of aryl methyl sites for hydroxylation is 1. The van der Waals surface area contributed by atoms with E-state index in [1.165, 1.54) is 54.4 Å². The Bertz CT molecular complexity index is 1500.